The van der Waals surface area contributed by atoms with Crippen LogP contribution < -0.4 is 15.7 Å². The van der Waals surface area contributed by atoms with Crippen molar-refractivity contribution in [2.45, 2.75) is 13.0 Å². The molecule has 8 heteroatoms. The van der Waals surface area contributed by atoms with Crippen LogP contribution in [0.25, 0.3) is 22.1 Å². The number of benzene rings is 2. The Hall–Kier alpha value is -3.26. The topological polar surface area (TPSA) is 106 Å². The van der Waals surface area contributed by atoms with E-state index in [9.17, 15) is 14.4 Å². The molecule has 0 unspecified atom stereocenters. The minimum Gasteiger partial charge on any atom is -0.483 e. The standard InChI is InChI=1S/C22H21NO6S/c1-13-18(28-11-19(24)23-17(12-30-2)22(26)27)9-8-15-16(10-20(25)29-21(13)15)14-6-4-3-5-7-14/h3-10,17H,11-12H2,1-2H3,(H,23,24)(H,26,27)/t17-/m0/s1. The summed E-state index contributed by atoms with van der Waals surface area (Å²) in [6.07, 6.45) is 1.76. The number of carbonyl (C=O) groups excluding carboxylic acids is 1. The van der Waals surface area contributed by atoms with E-state index in [0.717, 1.165) is 16.5 Å². The molecule has 156 valence electrons. The second-order valence-corrected chi connectivity index (χ2v) is 7.52. The Morgan fingerprint density at radius 1 is 1.20 bits per heavy atom. The van der Waals surface area contributed by atoms with Gasteiger partial charge in [-0.1, -0.05) is 30.3 Å². The van der Waals surface area contributed by atoms with Gasteiger partial charge in [-0.25, -0.2) is 9.59 Å². The van der Waals surface area contributed by atoms with Gasteiger partial charge in [0.15, 0.2) is 6.61 Å². The van der Waals surface area contributed by atoms with Crippen LogP contribution in [0, 0.1) is 6.92 Å². The molecule has 7 nitrogen and oxygen atoms in total. The number of fused-ring (bicyclic) bond motifs is 1. The zero-order valence-corrected chi connectivity index (χ0v) is 17.3. The number of amides is 1. The Balaban J connectivity index is 1.85. The van der Waals surface area contributed by atoms with E-state index in [1.54, 1.807) is 25.3 Å². The third kappa shape index (κ3) is 4.83. The molecule has 0 bridgehead atoms. The quantitative estimate of drug-likeness (QED) is 0.532. The molecule has 0 aliphatic rings. The fourth-order valence-corrected chi connectivity index (χ4v) is 3.64. The molecule has 1 heterocycles. The van der Waals surface area contributed by atoms with E-state index < -0.39 is 23.5 Å². The van der Waals surface area contributed by atoms with Crippen molar-refractivity contribution < 1.29 is 23.8 Å². The van der Waals surface area contributed by atoms with Gasteiger partial charge in [0.1, 0.15) is 17.4 Å². The third-order valence-electron chi connectivity index (χ3n) is 4.52. The van der Waals surface area contributed by atoms with Crippen molar-refractivity contribution in [3.05, 3.63) is 64.5 Å². The minimum atomic E-state index is -1.10. The van der Waals surface area contributed by atoms with Gasteiger partial charge in [0.25, 0.3) is 5.91 Å². The van der Waals surface area contributed by atoms with Crippen molar-refractivity contribution in [3.8, 4) is 16.9 Å². The number of hydrogen-bond acceptors (Lipinski definition) is 6. The van der Waals surface area contributed by atoms with Gasteiger partial charge in [-0.15, -0.1) is 0 Å². The van der Waals surface area contributed by atoms with Gasteiger partial charge in [0, 0.05) is 22.8 Å². The Kier molecular flexibility index (Phi) is 6.79. The van der Waals surface area contributed by atoms with Crippen molar-refractivity contribution >= 4 is 34.6 Å². The highest BCUT2D eigenvalue weighted by Crippen LogP contribution is 2.32. The van der Waals surface area contributed by atoms with Crippen LogP contribution in [0.2, 0.25) is 0 Å². The monoisotopic (exact) mass is 427 g/mol. The van der Waals surface area contributed by atoms with Gasteiger partial charge in [0.2, 0.25) is 0 Å². The lowest BCUT2D eigenvalue weighted by Crippen LogP contribution is -2.44. The Labute approximate surface area is 177 Å². The molecule has 0 saturated heterocycles. The average molecular weight is 427 g/mol. The van der Waals surface area contributed by atoms with E-state index in [1.807, 2.05) is 30.3 Å². The number of nitrogens with one attached hydrogen (secondary N) is 1. The first kappa shape index (κ1) is 21.4. The van der Waals surface area contributed by atoms with E-state index in [4.69, 9.17) is 14.3 Å². The van der Waals surface area contributed by atoms with E-state index in [-0.39, 0.29) is 12.4 Å². The van der Waals surface area contributed by atoms with Gasteiger partial charge >= 0.3 is 11.6 Å². The molecule has 1 amide bonds. The summed E-state index contributed by atoms with van der Waals surface area (Å²) in [7, 11) is 0. The molecular weight excluding hydrogens is 406 g/mol. The molecule has 3 aromatic rings. The van der Waals surface area contributed by atoms with E-state index in [0.29, 0.717) is 16.9 Å². The summed E-state index contributed by atoms with van der Waals surface area (Å²) in [5.41, 5.74) is 2.10. The summed E-state index contributed by atoms with van der Waals surface area (Å²) in [5.74, 6) is -1.02. The molecule has 30 heavy (non-hydrogen) atoms. The third-order valence-corrected chi connectivity index (χ3v) is 5.19. The number of thioether (sulfide) groups is 1. The molecule has 0 spiro atoms. The normalized spacial score (nSPS) is 11.8. The van der Waals surface area contributed by atoms with Crippen LogP contribution in [0.15, 0.2) is 57.7 Å². The maximum absolute atomic E-state index is 12.1. The van der Waals surface area contributed by atoms with Gasteiger partial charge in [-0.05, 0) is 36.4 Å². The van der Waals surface area contributed by atoms with Crippen LogP contribution in [0.3, 0.4) is 0 Å². The second-order valence-electron chi connectivity index (χ2n) is 6.61. The Morgan fingerprint density at radius 3 is 2.60 bits per heavy atom. The van der Waals surface area contributed by atoms with Crippen molar-refractivity contribution in [1.82, 2.24) is 5.32 Å². The lowest BCUT2D eigenvalue weighted by molar-refractivity contribution is -0.141. The van der Waals surface area contributed by atoms with Crippen LogP contribution in [-0.4, -0.2) is 41.6 Å². The molecule has 1 atom stereocenters. The smallest absolute Gasteiger partial charge is 0.336 e. The lowest BCUT2D eigenvalue weighted by Gasteiger charge is -2.15. The number of rotatable bonds is 8. The molecule has 2 N–H and O–H groups in total. The predicted octanol–water partition coefficient (Wildman–Crippen LogP) is 3.08. The summed E-state index contributed by atoms with van der Waals surface area (Å²) in [4.78, 5) is 35.4. The maximum atomic E-state index is 12.1. The van der Waals surface area contributed by atoms with E-state index >= 15 is 0 Å². The van der Waals surface area contributed by atoms with Crippen molar-refractivity contribution in [3.63, 3.8) is 0 Å². The lowest BCUT2D eigenvalue weighted by atomic mass is 10.0. The minimum absolute atomic E-state index is 0.253. The van der Waals surface area contributed by atoms with Crippen molar-refractivity contribution in [2.75, 3.05) is 18.6 Å². The molecule has 0 radical (unpaired) electrons. The number of hydrogen-bond donors (Lipinski definition) is 2. The fraction of sp³-hybridized carbons (Fsp3) is 0.227. The molecule has 0 aliphatic carbocycles. The average Bonchev–Trinajstić information content (AvgIpc) is 2.73. The van der Waals surface area contributed by atoms with E-state index in [1.165, 1.54) is 17.8 Å². The molecule has 0 aliphatic heterocycles. The summed E-state index contributed by atoms with van der Waals surface area (Å²) in [6, 6.07) is 13.4. The zero-order valence-electron chi connectivity index (χ0n) is 16.5. The Bertz CT molecular complexity index is 1130. The van der Waals surface area contributed by atoms with Crippen LogP contribution in [0.4, 0.5) is 0 Å². The predicted molar refractivity (Wildman–Crippen MR) is 116 cm³/mol. The number of aliphatic carboxylic acids is 1. The summed E-state index contributed by atoms with van der Waals surface area (Å²) >= 11 is 1.32. The van der Waals surface area contributed by atoms with Crippen LogP contribution >= 0.6 is 11.8 Å². The van der Waals surface area contributed by atoms with Crippen molar-refractivity contribution in [1.29, 1.82) is 0 Å². The van der Waals surface area contributed by atoms with Crippen LogP contribution in [0.1, 0.15) is 5.56 Å². The van der Waals surface area contributed by atoms with Gasteiger partial charge < -0.3 is 19.6 Å². The van der Waals surface area contributed by atoms with E-state index in [2.05, 4.69) is 5.32 Å². The number of aryl methyl sites for hydroxylation is 1. The molecule has 1 aromatic heterocycles. The number of carbonyl (C=O) groups is 2. The number of carboxylic acid groups (broad SMARTS) is 1. The number of carboxylic acids is 1. The summed E-state index contributed by atoms with van der Waals surface area (Å²) in [6.45, 7) is 1.38. The fourth-order valence-electron chi connectivity index (χ4n) is 3.08. The van der Waals surface area contributed by atoms with Crippen LogP contribution in [-0.2, 0) is 9.59 Å². The molecule has 0 fully saturated rings. The zero-order chi connectivity index (χ0) is 21.7. The molecule has 2 aromatic carbocycles. The molecule has 0 saturated carbocycles. The maximum Gasteiger partial charge on any atom is 0.336 e. The first-order valence-corrected chi connectivity index (χ1v) is 10.6. The van der Waals surface area contributed by atoms with Gasteiger partial charge in [-0.2, -0.15) is 11.8 Å². The highest BCUT2D eigenvalue weighted by atomic mass is 32.2. The highest BCUT2D eigenvalue weighted by molar-refractivity contribution is 7.98. The summed E-state index contributed by atoms with van der Waals surface area (Å²) < 4.78 is 11.0. The van der Waals surface area contributed by atoms with Crippen molar-refractivity contribution in [2.24, 2.45) is 0 Å². The largest absolute Gasteiger partial charge is 0.483 e. The summed E-state index contributed by atoms with van der Waals surface area (Å²) in [5, 5.41) is 12.3. The number of ether oxygens (including phenoxy) is 1. The first-order chi connectivity index (χ1) is 14.4. The SMILES string of the molecule is CSC[C@H](NC(=O)COc1ccc2c(-c3ccccc3)cc(=O)oc2c1C)C(=O)O. The van der Waals surface area contributed by atoms with Gasteiger partial charge in [-0.3, -0.25) is 4.79 Å². The highest BCUT2D eigenvalue weighted by Gasteiger charge is 2.20. The van der Waals surface area contributed by atoms with Crippen LogP contribution in [0.5, 0.6) is 5.75 Å². The first-order valence-electron chi connectivity index (χ1n) is 9.17. The Morgan fingerprint density at radius 2 is 1.93 bits per heavy atom. The second kappa shape index (κ2) is 9.49. The molecular formula is C22H21NO6S. The molecule has 3 rings (SSSR count). The van der Waals surface area contributed by atoms with Gasteiger partial charge in [0.05, 0.1) is 0 Å².